The summed E-state index contributed by atoms with van der Waals surface area (Å²) < 4.78 is 10.9. The van der Waals surface area contributed by atoms with Crippen molar-refractivity contribution in [3.63, 3.8) is 0 Å². The molecular formula is C27H24O5. The maximum Gasteiger partial charge on any atom is 0.339 e. The van der Waals surface area contributed by atoms with Crippen molar-refractivity contribution in [2.75, 3.05) is 7.11 Å². The van der Waals surface area contributed by atoms with Gasteiger partial charge in [-0.3, -0.25) is 4.79 Å². The Morgan fingerprint density at radius 2 is 1.75 bits per heavy atom. The van der Waals surface area contributed by atoms with Crippen molar-refractivity contribution in [2.45, 2.75) is 18.9 Å². The normalized spacial score (nSPS) is 17.5. The molecule has 5 nitrogen and oxygen atoms in total. The number of benzene rings is 3. The molecular weight excluding hydrogens is 404 g/mol. The van der Waals surface area contributed by atoms with Gasteiger partial charge in [0.2, 0.25) is 0 Å². The molecule has 0 aliphatic heterocycles. The number of aliphatic carboxylic acids is 1. The zero-order valence-corrected chi connectivity index (χ0v) is 17.7. The summed E-state index contributed by atoms with van der Waals surface area (Å²) in [5.74, 6) is 0.00122. The Kier molecular flexibility index (Phi) is 6.36. The Bertz CT molecular complexity index is 1150. The molecule has 0 radical (unpaired) electrons. The molecule has 1 saturated carbocycles. The number of ketones is 1. The van der Waals surface area contributed by atoms with Gasteiger partial charge in [-0.05, 0) is 41.2 Å². The lowest BCUT2D eigenvalue weighted by Gasteiger charge is -2.12. The van der Waals surface area contributed by atoms with E-state index in [4.69, 9.17) is 9.47 Å². The molecule has 0 aromatic heterocycles. The molecule has 0 saturated heterocycles. The van der Waals surface area contributed by atoms with Crippen LogP contribution in [-0.4, -0.2) is 24.0 Å². The molecule has 32 heavy (non-hydrogen) atoms. The molecule has 1 N–H and O–H groups in total. The Morgan fingerprint density at radius 1 is 1.00 bits per heavy atom. The lowest BCUT2D eigenvalue weighted by atomic mass is 10.0. The van der Waals surface area contributed by atoms with Crippen molar-refractivity contribution in [1.29, 1.82) is 0 Å². The Morgan fingerprint density at radius 3 is 2.50 bits per heavy atom. The van der Waals surface area contributed by atoms with Gasteiger partial charge in [0.05, 0.1) is 13.4 Å². The first-order valence-electron chi connectivity index (χ1n) is 10.4. The largest absolute Gasteiger partial charge is 0.503 e. The summed E-state index contributed by atoms with van der Waals surface area (Å²) in [5, 5.41) is 9.51. The van der Waals surface area contributed by atoms with Crippen molar-refractivity contribution in [3.05, 3.63) is 107 Å². The average Bonchev–Trinajstić information content (AvgIpc) is 3.63. The van der Waals surface area contributed by atoms with Crippen molar-refractivity contribution >= 4 is 17.3 Å². The molecule has 3 aromatic carbocycles. The van der Waals surface area contributed by atoms with E-state index in [2.05, 4.69) is 0 Å². The van der Waals surface area contributed by atoms with E-state index >= 15 is 0 Å². The van der Waals surface area contributed by atoms with Gasteiger partial charge in [-0.1, -0.05) is 66.7 Å². The molecule has 1 fully saturated rings. The topological polar surface area (TPSA) is 72.8 Å². The van der Waals surface area contributed by atoms with E-state index in [0.29, 0.717) is 11.3 Å². The first kappa shape index (κ1) is 21.4. The fourth-order valence-electron chi connectivity index (χ4n) is 3.92. The number of carbonyl (C=O) groups is 2. The molecule has 1 aliphatic rings. The maximum atomic E-state index is 12.7. The fourth-order valence-corrected chi connectivity index (χ4v) is 3.92. The van der Waals surface area contributed by atoms with Crippen LogP contribution in [0.2, 0.25) is 0 Å². The summed E-state index contributed by atoms with van der Waals surface area (Å²) in [6, 6.07) is 24.4. The Balaban J connectivity index is 1.46. The summed E-state index contributed by atoms with van der Waals surface area (Å²) in [6.45, 7) is 0.213. The number of carboxylic acids is 1. The third-order valence-electron chi connectivity index (χ3n) is 5.64. The third kappa shape index (κ3) is 4.72. The Hall–Kier alpha value is -3.86. The zero-order chi connectivity index (χ0) is 22.5. The smallest absolute Gasteiger partial charge is 0.339 e. The summed E-state index contributed by atoms with van der Waals surface area (Å²) in [5.41, 5.74) is 3.19. The van der Waals surface area contributed by atoms with Crippen LogP contribution in [-0.2, 0) is 16.1 Å². The molecule has 0 heterocycles. The van der Waals surface area contributed by atoms with Crippen LogP contribution in [0.5, 0.6) is 5.75 Å². The summed E-state index contributed by atoms with van der Waals surface area (Å²) >= 11 is 0. The van der Waals surface area contributed by atoms with Crippen LogP contribution in [0, 0.1) is 5.92 Å². The van der Waals surface area contributed by atoms with Gasteiger partial charge in [0.25, 0.3) is 0 Å². The number of hydrogen-bond acceptors (Lipinski definition) is 4. The predicted octanol–water partition coefficient (Wildman–Crippen LogP) is 5.32. The third-order valence-corrected chi connectivity index (χ3v) is 5.64. The summed E-state index contributed by atoms with van der Waals surface area (Å²) in [7, 11) is 1.42. The lowest BCUT2D eigenvalue weighted by Crippen LogP contribution is -2.06. The SMILES string of the molecule is CO/C=C(/C(=O)O)c1ccccc1COc1cccc(C2CC2C(=O)c2ccccc2)c1. The van der Waals surface area contributed by atoms with E-state index in [1.165, 1.54) is 13.4 Å². The second-order valence-corrected chi connectivity index (χ2v) is 7.77. The van der Waals surface area contributed by atoms with Crippen molar-refractivity contribution in [3.8, 4) is 5.75 Å². The quantitative estimate of drug-likeness (QED) is 0.284. The Labute approximate surface area is 186 Å². The highest BCUT2D eigenvalue weighted by molar-refractivity contribution is 6.15. The molecule has 0 bridgehead atoms. The molecule has 0 spiro atoms. The van der Waals surface area contributed by atoms with Gasteiger partial charge >= 0.3 is 5.97 Å². The monoisotopic (exact) mass is 428 g/mol. The number of methoxy groups -OCH3 is 1. The number of rotatable bonds is 9. The van der Waals surface area contributed by atoms with Gasteiger partial charge in [0.15, 0.2) is 5.78 Å². The average molecular weight is 428 g/mol. The van der Waals surface area contributed by atoms with Crippen LogP contribution in [0.25, 0.3) is 5.57 Å². The van der Waals surface area contributed by atoms with E-state index < -0.39 is 5.97 Å². The highest BCUT2D eigenvalue weighted by Gasteiger charge is 2.44. The second-order valence-electron chi connectivity index (χ2n) is 7.77. The molecule has 1 aliphatic carbocycles. The number of Topliss-reactive ketones (excluding diaryl/α,β-unsaturated/α-hetero) is 1. The van der Waals surface area contributed by atoms with Gasteiger partial charge in [-0.15, -0.1) is 0 Å². The number of ether oxygens (including phenoxy) is 2. The molecule has 2 unspecified atom stereocenters. The zero-order valence-electron chi connectivity index (χ0n) is 17.7. The van der Waals surface area contributed by atoms with Crippen LogP contribution >= 0.6 is 0 Å². The highest BCUT2D eigenvalue weighted by atomic mass is 16.5. The van der Waals surface area contributed by atoms with Crippen molar-refractivity contribution < 1.29 is 24.2 Å². The molecule has 2 atom stereocenters. The van der Waals surface area contributed by atoms with Crippen molar-refractivity contribution in [2.24, 2.45) is 5.92 Å². The van der Waals surface area contributed by atoms with Crippen LogP contribution in [0.15, 0.2) is 85.1 Å². The van der Waals surface area contributed by atoms with Crippen molar-refractivity contribution in [1.82, 2.24) is 0 Å². The molecule has 4 rings (SSSR count). The lowest BCUT2D eigenvalue weighted by molar-refractivity contribution is -0.130. The highest BCUT2D eigenvalue weighted by Crippen LogP contribution is 2.49. The first-order chi connectivity index (χ1) is 15.6. The second kappa shape index (κ2) is 9.52. The minimum atomic E-state index is -1.07. The van der Waals surface area contributed by atoms with E-state index in [1.807, 2.05) is 66.7 Å². The van der Waals surface area contributed by atoms with Gasteiger partial charge in [-0.25, -0.2) is 4.79 Å². The number of carbonyl (C=O) groups excluding carboxylic acids is 1. The molecule has 0 amide bonds. The predicted molar refractivity (Wildman–Crippen MR) is 121 cm³/mol. The first-order valence-corrected chi connectivity index (χ1v) is 10.4. The van der Waals surface area contributed by atoms with Gasteiger partial charge < -0.3 is 14.6 Å². The van der Waals surface area contributed by atoms with E-state index in [-0.39, 0.29) is 29.8 Å². The summed E-state index contributed by atoms with van der Waals surface area (Å²) in [6.07, 6.45) is 2.06. The molecule has 162 valence electrons. The van der Waals surface area contributed by atoms with Gasteiger partial charge in [0, 0.05) is 11.5 Å². The van der Waals surface area contributed by atoms with E-state index in [1.54, 1.807) is 12.1 Å². The molecule has 3 aromatic rings. The minimum Gasteiger partial charge on any atom is -0.503 e. The fraction of sp³-hybridized carbons (Fsp3) is 0.185. The minimum absolute atomic E-state index is 0.00526. The summed E-state index contributed by atoms with van der Waals surface area (Å²) in [4.78, 5) is 24.3. The van der Waals surface area contributed by atoms with Crippen LogP contribution in [0.4, 0.5) is 0 Å². The van der Waals surface area contributed by atoms with E-state index in [0.717, 1.165) is 23.1 Å². The number of carboxylic acid groups (broad SMARTS) is 1. The molecule has 5 heteroatoms. The van der Waals surface area contributed by atoms with Crippen LogP contribution in [0.1, 0.15) is 39.4 Å². The maximum absolute atomic E-state index is 12.7. The van der Waals surface area contributed by atoms with Gasteiger partial charge in [-0.2, -0.15) is 0 Å². The van der Waals surface area contributed by atoms with Crippen LogP contribution < -0.4 is 4.74 Å². The standard InChI is InChI=1S/C27H24O5/c1-31-17-25(27(29)30)22-13-6-5-10-20(22)16-32-21-12-7-11-19(14-21)23-15-24(23)26(28)18-8-3-2-4-9-18/h2-14,17,23-24H,15-16H2,1H3,(H,29,30)/b25-17+. The number of hydrogen-bond donors (Lipinski definition) is 1. The van der Waals surface area contributed by atoms with Crippen LogP contribution in [0.3, 0.4) is 0 Å². The van der Waals surface area contributed by atoms with E-state index in [9.17, 15) is 14.7 Å². The van der Waals surface area contributed by atoms with Gasteiger partial charge in [0.1, 0.15) is 17.9 Å².